The fraction of sp³-hybridized carbons (Fsp3) is 0.344. The number of benzene rings is 2. The summed E-state index contributed by atoms with van der Waals surface area (Å²) in [6, 6.07) is 21.3. The van der Waals surface area contributed by atoms with Gasteiger partial charge in [0.25, 0.3) is 5.91 Å². The molecule has 0 spiro atoms. The molecule has 5 aromatic rings. The van der Waals surface area contributed by atoms with Crippen molar-refractivity contribution in [1.29, 1.82) is 0 Å². The maximum Gasteiger partial charge on any atom is 0.272 e. The van der Waals surface area contributed by atoms with E-state index in [0.717, 1.165) is 60.0 Å². The molecule has 1 saturated heterocycles. The van der Waals surface area contributed by atoms with E-state index < -0.39 is 5.41 Å². The molecule has 1 saturated carbocycles. The van der Waals surface area contributed by atoms with Crippen molar-refractivity contribution in [3.63, 3.8) is 0 Å². The minimum Gasteiger partial charge on any atom is -0.369 e. The zero-order valence-corrected chi connectivity index (χ0v) is 22.8. The lowest BCUT2D eigenvalue weighted by molar-refractivity contribution is -0.135. The Labute approximate surface area is 237 Å². The highest BCUT2D eigenvalue weighted by atomic mass is 16.2. The number of piperidine rings is 1. The Morgan fingerprint density at radius 1 is 0.829 bits per heavy atom. The summed E-state index contributed by atoms with van der Waals surface area (Å²) in [5, 5.41) is 0. The van der Waals surface area contributed by atoms with Gasteiger partial charge in [0, 0.05) is 19.0 Å². The first-order valence-electron chi connectivity index (χ1n) is 14.5. The normalized spacial score (nSPS) is 21.9. The molecule has 2 unspecified atom stereocenters. The molecule has 2 aromatic carbocycles. The maximum atomic E-state index is 13.5. The van der Waals surface area contributed by atoms with Crippen LogP contribution in [0.5, 0.6) is 0 Å². The number of hydrogen-bond acceptors (Lipinski definition) is 5. The van der Waals surface area contributed by atoms with Gasteiger partial charge in [-0.3, -0.25) is 9.59 Å². The van der Waals surface area contributed by atoms with Crippen molar-refractivity contribution in [2.75, 3.05) is 13.1 Å². The molecule has 2 atom stereocenters. The van der Waals surface area contributed by atoms with Gasteiger partial charge in [-0.05, 0) is 74.4 Å². The Balaban J connectivity index is 1.06. The van der Waals surface area contributed by atoms with Crippen molar-refractivity contribution in [1.82, 2.24) is 29.8 Å². The average Bonchev–Trinajstić information content (AvgIpc) is 3.66. The Kier molecular flexibility index (Phi) is 6.29. The van der Waals surface area contributed by atoms with Gasteiger partial charge < -0.3 is 20.6 Å². The van der Waals surface area contributed by atoms with Crippen LogP contribution in [0.3, 0.4) is 0 Å². The van der Waals surface area contributed by atoms with Gasteiger partial charge in [0.15, 0.2) is 5.82 Å². The number of nitrogens with two attached hydrogens (primary N) is 1. The smallest absolute Gasteiger partial charge is 0.272 e. The van der Waals surface area contributed by atoms with Gasteiger partial charge in [0.1, 0.15) is 17.2 Å². The number of carbonyl (C=O) groups is 2. The molecular formula is C32H33N7O2. The number of aromatic nitrogens is 5. The number of primary amides is 1. The van der Waals surface area contributed by atoms with Crippen LogP contribution in [0, 0.1) is 11.3 Å². The first kappa shape index (κ1) is 25.4. The molecule has 7 rings (SSSR count). The number of rotatable bonds is 5. The molecule has 1 aliphatic heterocycles. The molecule has 3 aromatic heterocycles. The molecule has 4 N–H and O–H groups in total. The van der Waals surface area contributed by atoms with Gasteiger partial charge in [-0.15, -0.1) is 0 Å². The number of aromatic amines is 2. The number of nitrogens with one attached hydrogen (secondary N) is 2. The van der Waals surface area contributed by atoms with Crippen molar-refractivity contribution in [2.24, 2.45) is 17.1 Å². The van der Waals surface area contributed by atoms with Crippen LogP contribution in [-0.2, 0) is 4.79 Å². The Morgan fingerprint density at radius 3 is 2.24 bits per heavy atom. The predicted molar refractivity (Wildman–Crippen MR) is 157 cm³/mol. The molecule has 41 heavy (non-hydrogen) atoms. The van der Waals surface area contributed by atoms with Crippen molar-refractivity contribution in [3.05, 3.63) is 78.2 Å². The number of nitrogens with zero attached hydrogens (tertiary/aromatic N) is 4. The number of fused-ring (bicyclic) bond motifs is 2. The monoisotopic (exact) mass is 547 g/mol. The van der Waals surface area contributed by atoms with Crippen LogP contribution in [-0.4, -0.2) is 54.7 Å². The van der Waals surface area contributed by atoms with E-state index in [-0.39, 0.29) is 23.7 Å². The van der Waals surface area contributed by atoms with Crippen molar-refractivity contribution in [3.8, 4) is 11.5 Å². The third kappa shape index (κ3) is 4.55. The third-order valence-corrected chi connectivity index (χ3v) is 9.24. The highest BCUT2D eigenvalue weighted by Crippen LogP contribution is 2.51. The van der Waals surface area contributed by atoms with Gasteiger partial charge in [-0.1, -0.05) is 36.8 Å². The molecule has 4 heterocycles. The van der Waals surface area contributed by atoms with Crippen LogP contribution in [0.15, 0.2) is 66.7 Å². The quantitative estimate of drug-likeness (QED) is 0.279. The minimum atomic E-state index is -0.587. The van der Waals surface area contributed by atoms with Gasteiger partial charge >= 0.3 is 0 Å². The van der Waals surface area contributed by atoms with E-state index in [1.54, 1.807) is 6.07 Å². The second kappa shape index (κ2) is 10.1. The topological polar surface area (TPSA) is 134 Å². The molecule has 2 fully saturated rings. The number of pyridine rings is 1. The van der Waals surface area contributed by atoms with E-state index in [4.69, 9.17) is 10.7 Å². The van der Waals surface area contributed by atoms with E-state index in [1.807, 2.05) is 65.6 Å². The summed E-state index contributed by atoms with van der Waals surface area (Å²) in [7, 11) is 0. The highest BCUT2D eigenvalue weighted by molar-refractivity contribution is 5.93. The molecule has 0 bridgehead atoms. The standard InChI is InChI=1S/C32H33N7O2/c33-31(41)32(16-6-7-20(19-32)28-35-22-8-1-2-9-23(22)36-28)21-14-17-39(18-15-21)30(40)27-13-5-12-26(34-27)29-37-24-10-3-4-11-25(24)38-29/h1-5,8-13,20-21H,6-7,14-19H2,(H2,33,41)(H,35,36)(H,37,38). The summed E-state index contributed by atoms with van der Waals surface area (Å²) in [6.07, 6.45) is 4.89. The van der Waals surface area contributed by atoms with E-state index in [1.165, 1.54) is 0 Å². The van der Waals surface area contributed by atoms with Crippen LogP contribution >= 0.6 is 0 Å². The zero-order chi connectivity index (χ0) is 28.0. The Bertz CT molecular complexity index is 1680. The fourth-order valence-electron chi connectivity index (χ4n) is 7.06. The Hall–Kier alpha value is -4.53. The maximum absolute atomic E-state index is 13.5. The fourth-order valence-corrected chi connectivity index (χ4v) is 7.06. The van der Waals surface area contributed by atoms with Crippen molar-refractivity contribution >= 4 is 33.9 Å². The average molecular weight is 548 g/mol. The van der Waals surface area contributed by atoms with Gasteiger partial charge in [-0.2, -0.15) is 0 Å². The lowest BCUT2D eigenvalue weighted by atomic mass is 9.60. The minimum absolute atomic E-state index is 0.0988. The molecule has 208 valence electrons. The van der Waals surface area contributed by atoms with Crippen molar-refractivity contribution < 1.29 is 9.59 Å². The molecule has 2 aliphatic rings. The van der Waals surface area contributed by atoms with Crippen LogP contribution in [0.25, 0.3) is 33.6 Å². The first-order valence-corrected chi connectivity index (χ1v) is 14.5. The largest absolute Gasteiger partial charge is 0.369 e. The number of H-pyrrole nitrogens is 2. The molecule has 1 aliphatic carbocycles. The summed E-state index contributed by atoms with van der Waals surface area (Å²) in [5.41, 5.74) is 10.4. The van der Waals surface area contributed by atoms with Crippen LogP contribution in [0.1, 0.15) is 60.8 Å². The first-order chi connectivity index (χ1) is 20.0. The summed E-state index contributed by atoms with van der Waals surface area (Å²) in [5.74, 6) is 1.56. The highest BCUT2D eigenvalue weighted by Gasteiger charge is 2.49. The molecule has 2 amide bonds. The summed E-state index contributed by atoms with van der Waals surface area (Å²) < 4.78 is 0. The van der Waals surface area contributed by atoms with Gasteiger partial charge in [0.05, 0.1) is 27.5 Å². The number of imidazole rings is 2. The van der Waals surface area contributed by atoms with Gasteiger partial charge in [-0.25, -0.2) is 15.0 Å². The summed E-state index contributed by atoms with van der Waals surface area (Å²) in [4.78, 5) is 49.3. The second-order valence-corrected chi connectivity index (χ2v) is 11.5. The lowest BCUT2D eigenvalue weighted by Crippen LogP contribution is -2.50. The number of likely N-dealkylation sites (tertiary alicyclic amines) is 1. The number of amides is 2. The summed E-state index contributed by atoms with van der Waals surface area (Å²) in [6.45, 7) is 1.15. The Morgan fingerprint density at radius 2 is 1.54 bits per heavy atom. The van der Waals surface area contributed by atoms with Gasteiger partial charge in [0.2, 0.25) is 5.91 Å². The molecule has 9 nitrogen and oxygen atoms in total. The van der Waals surface area contributed by atoms with E-state index in [2.05, 4.69) is 19.9 Å². The number of carbonyl (C=O) groups excluding carboxylic acids is 2. The van der Waals surface area contributed by atoms with Crippen LogP contribution in [0.4, 0.5) is 0 Å². The van der Waals surface area contributed by atoms with Crippen molar-refractivity contribution in [2.45, 2.75) is 44.4 Å². The number of hydrogen-bond donors (Lipinski definition) is 3. The molecule has 0 radical (unpaired) electrons. The molecular weight excluding hydrogens is 514 g/mol. The summed E-state index contributed by atoms with van der Waals surface area (Å²) >= 11 is 0. The van der Waals surface area contributed by atoms with E-state index in [0.29, 0.717) is 36.7 Å². The van der Waals surface area contributed by atoms with E-state index >= 15 is 0 Å². The van der Waals surface area contributed by atoms with Crippen LogP contribution < -0.4 is 5.73 Å². The zero-order valence-electron chi connectivity index (χ0n) is 22.8. The lowest BCUT2D eigenvalue weighted by Gasteiger charge is -2.46. The second-order valence-electron chi connectivity index (χ2n) is 11.5. The number of para-hydroxylation sites is 4. The van der Waals surface area contributed by atoms with Crippen LogP contribution in [0.2, 0.25) is 0 Å². The predicted octanol–water partition coefficient (Wildman–Crippen LogP) is 5.18. The van der Waals surface area contributed by atoms with E-state index in [9.17, 15) is 9.59 Å². The SMILES string of the molecule is NC(=O)C1(C2CCN(C(=O)c3cccc(-c4nc5ccccc5[nH]4)n3)CC2)CCCC(c2nc3ccccc3[nH]2)C1. The third-order valence-electron chi connectivity index (χ3n) is 9.24. The molecule has 9 heteroatoms.